The highest BCUT2D eigenvalue weighted by Gasteiger charge is 2.20. The number of nitrogens with zero attached hydrogens (tertiary/aromatic N) is 5. The van der Waals surface area contributed by atoms with Gasteiger partial charge in [0.05, 0.1) is 34.0 Å². The van der Waals surface area contributed by atoms with E-state index in [1.54, 1.807) is 6.20 Å². The second kappa shape index (κ2) is 10.1. The van der Waals surface area contributed by atoms with Gasteiger partial charge in [0.15, 0.2) is 0 Å². The summed E-state index contributed by atoms with van der Waals surface area (Å²) in [6.07, 6.45) is 4.45. The van der Waals surface area contributed by atoms with Crippen molar-refractivity contribution in [1.29, 1.82) is 5.26 Å². The topological polar surface area (TPSA) is 91.5 Å². The lowest BCUT2D eigenvalue weighted by atomic mass is 10.0. The highest BCUT2D eigenvalue weighted by Crippen LogP contribution is 2.35. The smallest absolute Gasteiger partial charge is 0.109 e. The van der Waals surface area contributed by atoms with Crippen LogP contribution < -0.4 is 10.6 Å². The number of pyridine rings is 1. The molecule has 4 aromatic rings. The first-order valence-corrected chi connectivity index (χ1v) is 11.8. The quantitative estimate of drug-likeness (QED) is 0.310. The van der Waals surface area contributed by atoms with Crippen molar-refractivity contribution in [2.24, 2.45) is 0 Å². The lowest BCUT2D eigenvalue weighted by Crippen LogP contribution is -2.15. The Balaban J connectivity index is 1.82. The molecule has 0 saturated carbocycles. The summed E-state index contributed by atoms with van der Waals surface area (Å²) in [5.74, 6) is 0. The zero-order chi connectivity index (χ0) is 24.2. The first-order valence-electron chi connectivity index (χ1n) is 11.4. The van der Waals surface area contributed by atoms with Crippen molar-refractivity contribution in [3.63, 3.8) is 0 Å². The number of rotatable bonds is 8. The molecular formula is C26H28ClN7. The van der Waals surface area contributed by atoms with E-state index in [-0.39, 0.29) is 18.1 Å². The molecule has 4 rings (SSSR count). The van der Waals surface area contributed by atoms with Crippen LogP contribution in [0, 0.1) is 11.3 Å². The molecule has 0 saturated heterocycles. The van der Waals surface area contributed by atoms with Crippen molar-refractivity contribution in [3.05, 3.63) is 76.7 Å². The number of halogens is 1. The van der Waals surface area contributed by atoms with E-state index >= 15 is 0 Å². The van der Waals surface area contributed by atoms with Crippen LogP contribution in [-0.4, -0.2) is 26.0 Å². The Hall–Kier alpha value is -3.63. The third kappa shape index (κ3) is 4.82. The number of nitrogens with one attached hydrogen (secondary N) is 2. The molecule has 0 aliphatic carbocycles. The normalized spacial score (nSPS) is 13.0. The summed E-state index contributed by atoms with van der Waals surface area (Å²) in [7, 11) is 0. The molecule has 34 heavy (non-hydrogen) atoms. The number of nitriles is 1. The second-order valence-corrected chi connectivity index (χ2v) is 9.08. The van der Waals surface area contributed by atoms with Gasteiger partial charge in [-0.2, -0.15) is 5.26 Å². The van der Waals surface area contributed by atoms with Crippen LogP contribution >= 0.6 is 11.6 Å². The van der Waals surface area contributed by atoms with E-state index in [0.29, 0.717) is 16.1 Å². The molecule has 7 nitrogen and oxygen atoms in total. The Labute approximate surface area is 204 Å². The lowest BCUT2D eigenvalue weighted by Gasteiger charge is -2.21. The summed E-state index contributed by atoms with van der Waals surface area (Å²) < 4.78 is 1.84. The maximum Gasteiger partial charge on any atom is 0.109 e. The van der Waals surface area contributed by atoms with Gasteiger partial charge in [0, 0.05) is 29.4 Å². The van der Waals surface area contributed by atoms with Crippen LogP contribution in [0.2, 0.25) is 5.02 Å². The van der Waals surface area contributed by atoms with Gasteiger partial charge >= 0.3 is 0 Å². The highest BCUT2D eigenvalue weighted by atomic mass is 35.5. The van der Waals surface area contributed by atoms with Gasteiger partial charge in [-0.05, 0) is 44.9 Å². The average molecular weight is 474 g/mol. The molecule has 0 aliphatic heterocycles. The zero-order valence-corrected chi connectivity index (χ0v) is 20.5. The van der Waals surface area contributed by atoms with Crippen molar-refractivity contribution >= 4 is 33.9 Å². The van der Waals surface area contributed by atoms with E-state index in [4.69, 9.17) is 11.6 Å². The molecular weight excluding hydrogens is 446 g/mol. The van der Waals surface area contributed by atoms with Crippen LogP contribution in [0.4, 0.5) is 11.4 Å². The van der Waals surface area contributed by atoms with E-state index in [0.717, 1.165) is 34.4 Å². The molecule has 2 heterocycles. The number of benzene rings is 2. The van der Waals surface area contributed by atoms with Crippen LogP contribution in [0.5, 0.6) is 0 Å². The van der Waals surface area contributed by atoms with Gasteiger partial charge in [-0.15, -0.1) is 5.10 Å². The number of fused-ring (bicyclic) bond motifs is 1. The molecule has 0 aliphatic rings. The fraction of sp³-hybridized carbons (Fsp3) is 0.308. The molecule has 0 bridgehead atoms. The first-order chi connectivity index (χ1) is 16.4. The largest absolute Gasteiger partial charge is 0.381 e. The number of hydrogen-bond acceptors (Lipinski definition) is 6. The minimum atomic E-state index is -0.236. The summed E-state index contributed by atoms with van der Waals surface area (Å²) in [6.45, 7) is 8.32. The minimum Gasteiger partial charge on any atom is -0.381 e. The van der Waals surface area contributed by atoms with E-state index < -0.39 is 0 Å². The second-order valence-electron chi connectivity index (χ2n) is 8.67. The van der Waals surface area contributed by atoms with Crippen LogP contribution in [0.25, 0.3) is 10.9 Å². The third-order valence-corrected chi connectivity index (χ3v) is 6.13. The zero-order valence-electron chi connectivity index (χ0n) is 19.7. The first kappa shape index (κ1) is 23.5. The molecule has 2 N–H and O–H groups in total. The van der Waals surface area contributed by atoms with Crippen LogP contribution in [0.15, 0.2) is 54.9 Å². The lowest BCUT2D eigenvalue weighted by molar-refractivity contribution is 0.514. The van der Waals surface area contributed by atoms with Crippen molar-refractivity contribution in [2.75, 3.05) is 10.6 Å². The summed E-state index contributed by atoms with van der Waals surface area (Å²) in [5, 5.41) is 26.8. The standard InChI is InChI=1S/C26H28ClN7/c1-5-17(4)30-24-19(13-28)14-29-26-21(24)11-20(12-22(26)27)31-25(18-9-7-6-8-10-18)23-15-34(16(2)3)33-32-23/h6-12,14-17,25,31H,5H2,1-4H3,(H,29,30)/t17-,25-/m0/s1. The van der Waals surface area contributed by atoms with Gasteiger partial charge in [0.25, 0.3) is 0 Å². The highest BCUT2D eigenvalue weighted by molar-refractivity contribution is 6.35. The van der Waals surface area contributed by atoms with Gasteiger partial charge in [-0.1, -0.05) is 54.1 Å². The summed E-state index contributed by atoms with van der Waals surface area (Å²) in [4.78, 5) is 4.46. The predicted molar refractivity (Wildman–Crippen MR) is 137 cm³/mol. The van der Waals surface area contributed by atoms with Crippen molar-refractivity contribution < 1.29 is 0 Å². The SMILES string of the molecule is CC[C@H](C)Nc1c(C#N)cnc2c(Cl)cc(N[C@@H](c3ccccc3)c3cn(C(C)C)nn3)cc12. The van der Waals surface area contributed by atoms with E-state index in [9.17, 15) is 5.26 Å². The van der Waals surface area contributed by atoms with Crippen molar-refractivity contribution in [1.82, 2.24) is 20.0 Å². The van der Waals surface area contributed by atoms with Gasteiger partial charge in [-0.3, -0.25) is 4.98 Å². The average Bonchev–Trinajstić information content (AvgIpc) is 3.34. The fourth-order valence-electron chi connectivity index (χ4n) is 3.75. The molecule has 2 aromatic heterocycles. The summed E-state index contributed by atoms with van der Waals surface area (Å²) >= 11 is 6.68. The Morgan fingerprint density at radius 1 is 1.12 bits per heavy atom. The molecule has 174 valence electrons. The van der Waals surface area contributed by atoms with E-state index in [1.165, 1.54) is 0 Å². The van der Waals surface area contributed by atoms with Gasteiger partial charge in [0.2, 0.25) is 0 Å². The van der Waals surface area contributed by atoms with E-state index in [1.807, 2.05) is 41.2 Å². The Morgan fingerprint density at radius 2 is 1.88 bits per heavy atom. The monoisotopic (exact) mass is 473 g/mol. The molecule has 2 aromatic carbocycles. The molecule has 8 heteroatoms. The van der Waals surface area contributed by atoms with Crippen LogP contribution in [-0.2, 0) is 0 Å². The van der Waals surface area contributed by atoms with Crippen LogP contribution in [0.3, 0.4) is 0 Å². The molecule has 0 fully saturated rings. The minimum absolute atomic E-state index is 0.191. The molecule has 0 amide bonds. The Bertz CT molecular complexity index is 1320. The maximum atomic E-state index is 9.70. The summed E-state index contributed by atoms with van der Waals surface area (Å²) in [6, 6.07) is 16.4. The van der Waals surface area contributed by atoms with Gasteiger partial charge in [0.1, 0.15) is 11.8 Å². The molecule has 0 spiro atoms. The maximum absolute atomic E-state index is 9.70. The molecule has 0 unspecified atom stereocenters. The van der Waals surface area contributed by atoms with Crippen LogP contribution in [0.1, 0.15) is 63.0 Å². The number of hydrogen-bond donors (Lipinski definition) is 2. The van der Waals surface area contributed by atoms with Gasteiger partial charge in [-0.25, -0.2) is 4.68 Å². The Morgan fingerprint density at radius 3 is 2.53 bits per heavy atom. The number of aromatic nitrogens is 4. The van der Waals surface area contributed by atoms with Crippen molar-refractivity contribution in [3.8, 4) is 6.07 Å². The predicted octanol–water partition coefficient (Wildman–Crippen LogP) is 6.34. The van der Waals surface area contributed by atoms with Crippen molar-refractivity contribution in [2.45, 2.75) is 52.2 Å². The summed E-state index contributed by atoms with van der Waals surface area (Å²) in [5.41, 5.74) is 4.54. The number of anilines is 2. The Kier molecular flexibility index (Phi) is 6.99. The fourth-order valence-corrected chi connectivity index (χ4v) is 4.02. The molecule has 0 radical (unpaired) electrons. The van der Waals surface area contributed by atoms with E-state index in [2.05, 4.69) is 71.8 Å². The molecule has 2 atom stereocenters. The third-order valence-electron chi connectivity index (χ3n) is 5.85. The van der Waals surface area contributed by atoms with Gasteiger partial charge < -0.3 is 10.6 Å².